The molecule has 1 amide bonds. The molecule has 0 heterocycles. The zero-order chi connectivity index (χ0) is 26.6. The number of aliphatic hydroxyl groups is 1. The lowest BCUT2D eigenvalue weighted by molar-refractivity contribution is -0.166. The average molecular weight is 493 g/mol. The SMILES string of the molecule is CCCCNC(=O)C(C)(N)C[C@H](O)[C@H](C[C@@H](COCc1ccccc1)C(C)C)C(=O)OC(C)(C)C. The normalized spacial score (nSPS) is 16.3. The number of nitrogens with one attached hydrogen (secondary N) is 1. The van der Waals surface area contributed by atoms with E-state index in [-0.39, 0.29) is 24.2 Å². The van der Waals surface area contributed by atoms with Gasteiger partial charge in [0.15, 0.2) is 0 Å². The second kappa shape index (κ2) is 14.6. The summed E-state index contributed by atoms with van der Waals surface area (Å²) in [6.45, 7) is 14.6. The highest BCUT2D eigenvalue weighted by Gasteiger charge is 2.39. The second-order valence-electron chi connectivity index (χ2n) is 11.2. The standard InChI is InChI=1S/C28H48N2O5/c1-8-9-15-30-26(33)28(7,29)17-24(31)23(25(32)35-27(4,5)6)16-22(20(2)3)19-34-18-21-13-11-10-12-14-21/h10-14,20,22-24,31H,8-9,15-19,29H2,1-7H3,(H,30,33)/t22-,23-,24-,28?/m0/s1. The van der Waals surface area contributed by atoms with Crippen LogP contribution in [0.2, 0.25) is 0 Å². The van der Waals surface area contributed by atoms with Crippen molar-refractivity contribution in [2.45, 2.75) is 98.0 Å². The highest BCUT2D eigenvalue weighted by atomic mass is 16.6. The Labute approximate surface area is 212 Å². The fraction of sp³-hybridized carbons (Fsp3) is 0.714. The number of carbonyl (C=O) groups is 2. The van der Waals surface area contributed by atoms with Gasteiger partial charge in [0.1, 0.15) is 5.60 Å². The predicted molar refractivity (Wildman–Crippen MR) is 140 cm³/mol. The third-order valence-electron chi connectivity index (χ3n) is 6.08. The Hall–Kier alpha value is -1.96. The Morgan fingerprint density at radius 3 is 2.29 bits per heavy atom. The quantitative estimate of drug-likeness (QED) is 0.250. The molecule has 0 bridgehead atoms. The first kappa shape index (κ1) is 31.1. The molecule has 0 aromatic heterocycles. The average Bonchev–Trinajstić information content (AvgIpc) is 2.74. The summed E-state index contributed by atoms with van der Waals surface area (Å²) < 4.78 is 11.6. The topological polar surface area (TPSA) is 111 Å². The van der Waals surface area contributed by atoms with Crippen molar-refractivity contribution >= 4 is 11.9 Å². The van der Waals surface area contributed by atoms with E-state index < -0.39 is 29.1 Å². The molecule has 200 valence electrons. The summed E-state index contributed by atoms with van der Waals surface area (Å²) >= 11 is 0. The van der Waals surface area contributed by atoms with Crippen LogP contribution in [0.3, 0.4) is 0 Å². The second-order valence-corrected chi connectivity index (χ2v) is 11.2. The maximum atomic E-state index is 13.2. The van der Waals surface area contributed by atoms with Crippen LogP contribution in [0.4, 0.5) is 0 Å². The molecule has 35 heavy (non-hydrogen) atoms. The van der Waals surface area contributed by atoms with Crippen LogP contribution in [-0.2, 0) is 25.7 Å². The number of unbranched alkanes of at least 4 members (excludes halogenated alkanes) is 1. The van der Waals surface area contributed by atoms with Crippen LogP contribution in [-0.4, -0.2) is 47.4 Å². The molecule has 1 aromatic carbocycles. The van der Waals surface area contributed by atoms with Gasteiger partial charge in [-0.2, -0.15) is 0 Å². The maximum absolute atomic E-state index is 13.2. The van der Waals surface area contributed by atoms with Crippen molar-refractivity contribution < 1.29 is 24.2 Å². The van der Waals surface area contributed by atoms with Gasteiger partial charge in [-0.15, -0.1) is 0 Å². The van der Waals surface area contributed by atoms with E-state index in [1.165, 1.54) is 0 Å². The van der Waals surface area contributed by atoms with E-state index >= 15 is 0 Å². The summed E-state index contributed by atoms with van der Waals surface area (Å²) in [5.74, 6) is -1.42. The lowest BCUT2D eigenvalue weighted by Gasteiger charge is -2.33. The van der Waals surface area contributed by atoms with Crippen molar-refractivity contribution in [3.8, 4) is 0 Å². The van der Waals surface area contributed by atoms with Gasteiger partial charge in [-0.3, -0.25) is 9.59 Å². The van der Waals surface area contributed by atoms with E-state index in [0.717, 1.165) is 18.4 Å². The Balaban J connectivity index is 2.95. The minimum Gasteiger partial charge on any atom is -0.460 e. The minimum absolute atomic E-state index is 0.00768. The van der Waals surface area contributed by atoms with E-state index in [0.29, 0.717) is 26.2 Å². The van der Waals surface area contributed by atoms with Crippen molar-refractivity contribution in [1.82, 2.24) is 5.32 Å². The highest BCUT2D eigenvalue weighted by Crippen LogP contribution is 2.29. The van der Waals surface area contributed by atoms with E-state index in [1.54, 1.807) is 27.7 Å². The van der Waals surface area contributed by atoms with E-state index in [9.17, 15) is 14.7 Å². The van der Waals surface area contributed by atoms with Gasteiger partial charge in [0, 0.05) is 13.0 Å². The van der Waals surface area contributed by atoms with Gasteiger partial charge in [-0.1, -0.05) is 57.5 Å². The molecule has 4 atom stereocenters. The molecular weight excluding hydrogens is 444 g/mol. The molecule has 1 unspecified atom stereocenters. The van der Waals surface area contributed by atoms with Gasteiger partial charge in [0.25, 0.3) is 0 Å². The van der Waals surface area contributed by atoms with Crippen molar-refractivity contribution in [2.75, 3.05) is 13.2 Å². The van der Waals surface area contributed by atoms with Crippen LogP contribution < -0.4 is 11.1 Å². The Morgan fingerprint density at radius 1 is 1.11 bits per heavy atom. The number of hydrogen-bond donors (Lipinski definition) is 3. The summed E-state index contributed by atoms with van der Waals surface area (Å²) in [5.41, 5.74) is 5.36. The van der Waals surface area contributed by atoms with Crippen LogP contribution in [0.25, 0.3) is 0 Å². The largest absolute Gasteiger partial charge is 0.460 e. The molecule has 0 aliphatic rings. The molecule has 0 radical (unpaired) electrons. The molecule has 0 aliphatic carbocycles. The van der Waals surface area contributed by atoms with Gasteiger partial charge in [-0.25, -0.2) is 0 Å². The number of benzene rings is 1. The summed E-state index contributed by atoms with van der Waals surface area (Å²) in [5, 5.41) is 14.0. The van der Waals surface area contributed by atoms with E-state index in [1.807, 2.05) is 37.3 Å². The summed E-state index contributed by atoms with van der Waals surface area (Å²) in [4.78, 5) is 25.8. The lowest BCUT2D eigenvalue weighted by Crippen LogP contribution is -2.55. The number of aliphatic hydroxyl groups excluding tert-OH is 1. The third-order valence-corrected chi connectivity index (χ3v) is 6.08. The monoisotopic (exact) mass is 492 g/mol. The van der Waals surface area contributed by atoms with Crippen LogP contribution in [0.5, 0.6) is 0 Å². The molecule has 1 rings (SSSR count). The zero-order valence-corrected chi connectivity index (χ0v) is 22.8. The van der Waals surface area contributed by atoms with Crippen molar-refractivity contribution in [3.63, 3.8) is 0 Å². The fourth-order valence-corrected chi connectivity index (χ4v) is 3.80. The zero-order valence-electron chi connectivity index (χ0n) is 22.8. The first-order valence-electron chi connectivity index (χ1n) is 12.9. The summed E-state index contributed by atoms with van der Waals surface area (Å²) in [6.07, 6.45) is 0.991. The molecule has 0 fully saturated rings. The Bertz CT molecular complexity index is 758. The molecular formula is C28H48N2O5. The van der Waals surface area contributed by atoms with Crippen molar-refractivity contribution in [1.29, 1.82) is 0 Å². The molecule has 7 heteroatoms. The van der Waals surface area contributed by atoms with Crippen molar-refractivity contribution in [2.24, 2.45) is 23.5 Å². The molecule has 1 aromatic rings. The van der Waals surface area contributed by atoms with Gasteiger partial charge < -0.3 is 25.6 Å². The number of ether oxygens (including phenoxy) is 2. The summed E-state index contributed by atoms with van der Waals surface area (Å²) in [7, 11) is 0. The fourth-order valence-electron chi connectivity index (χ4n) is 3.80. The maximum Gasteiger partial charge on any atom is 0.312 e. The molecule has 7 nitrogen and oxygen atoms in total. The molecule has 4 N–H and O–H groups in total. The van der Waals surface area contributed by atoms with E-state index in [2.05, 4.69) is 19.2 Å². The third kappa shape index (κ3) is 12.0. The van der Waals surface area contributed by atoms with Gasteiger partial charge in [0.05, 0.1) is 30.8 Å². The molecule has 0 spiro atoms. The highest BCUT2D eigenvalue weighted by molar-refractivity contribution is 5.85. The van der Waals surface area contributed by atoms with Crippen LogP contribution >= 0.6 is 0 Å². The molecule has 0 saturated heterocycles. The summed E-state index contributed by atoms with van der Waals surface area (Å²) in [6, 6.07) is 9.91. The van der Waals surface area contributed by atoms with Crippen LogP contribution in [0, 0.1) is 17.8 Å². The number of rotatable bonds is 15. The van der Waals surface area contributed by atoms with Gasteiger partial charge >= 0.3 is 5.97 Å². The first-order chi connectivity index (χ1) is 16.3. The molecule has 0 aliphatic heterocycles. The lowest BCUT2D eigenvalue weighted by atomic mass is 9.80. The number of carbonyl (C=O) groups excluding carboxylic acids is 2. The van der Waals surface area contributed by atoms with E-state index in [4.69, 9.17) is 15.2 Å². The minimum atomic E-state index is -1.31. The predicted octanol–water partition coefficient (Wildman–Crippen LogP) is 4.21. The van der Waals surface area contributed by atoms with Crippen LogP contribution in [0.1, 0.15) is 79.7 Å². The number of esters is 1. The Kier molecular flexibility index (Phi) is 12.9. The van der Waals surface area contributed by atoms with Crippen molar-refractivity contribution in [3.05, 3.63) is 35.9 Å². The van der Waals surface area contributed by atoms with Gasteiger partial charge in [0.2, 0.25) is 5.91 Å². The number of nitrogens with two attached hydrogens (primary N) is 1. The molecule has 0 saturated carbocycles. The van der Waals surface area contributed by atoms with Crippen LogP contribution in [0.15, 0.2) is 30.3 Å². The number of amides is 1. The van der Waals surface area contributed by atoms with Gasteiger partial charge in [-0.05, 0) is 57.9 Å². The smallest absolute Gasteiger partial charge is 0.312 e. The first-order valence-corrected chi connectivity index (χ1v) is 12.9. The Morgan fingerprint density at radius 2 is 1.74 bits per heavy atom. The number of hydrogen-bond acceptors (Lipinski definition) is 6.